The SMILES string of the molecule is COCCCC(Nc1c([N+](=O)[O-])nc(C)n1C)C(=O)O. The highest BCUT2D eigenvalue weighted by molar-refractivity contribution is 5.77. The van der Waals surface area contributed by atoms with E-state index in [1.165, 1.54) is 11.7 Å². The smallest absolute Gasteiger partial charge is 0.406 e. The molecule has 0 aromatic carbocycles. The van der Waals surface area contributed by atoms with Crippen LogP contribution < -0.4 is 5.32 Å². The van der Waals surface area contributed by atoms with Crippen LogP contribution in [-0.2, 0) is 16.6 Å². The molecule has 1 heterocycles. The second-order valence-electron chi connectivity index (χ2n) is 4.32. The molecule has 0 aliphatic carbocycles. The van der Waals surface area contributed by atoms with Crippen molar-refractivity contribution in [2.24, 2.45) is 7.05 Å². The normalized spacial score (nSPS) is 12.2. The lowest BCUT2D eigenvalue weighted by atomic mass is 10.1. The Labute approximate surface area is 115 Å². The fourth-order valence-electron chi connectivity index (χ4n) is 1.74. The minimum atomic E-state index is -1.07. The van der Waals surface area contributed by atoms with Gasteiger partial charge in [-0.25, -0.2) is 4.79 Å². The molecule has 0 bridgehead atoms. The number of nitrogens with one attached hydrogen (secondary N) is 1. The van der Waals surface area contributed by atoms with E-state index in [1.54, 1.807) is 14.0 Å². The van der Waals surface area contributed by atoms with Crippen molar-refractivity contribution in [3.8, 4) is 0 Å². The Balaban J connectivity index is 2.93. The van der Waals surface area contributed by atoms with Crippen molar-refractivity contribution in [2.45, 2.75) is 25.8 Å². The van der Waals surface area contributed by atoms with E-state index in [4.69, 9.17) is 9.84 Å². The number of carboxylic acid groups (broad SMARTS) is 1. The van der Waals surface area contributed by atoms with Gasteiger partial charge < -0.3 is 25.3 Å². The summed E-state index contributed by atoms with van der Waals surface area (Å²) < 4.78 is 6.33. The van der Waals surface area contributed by atoms with E-state index in [1.807, 2.05) is 0 Å². The summed E-state index contributed by atoms with van der Waals surface area (Å²) in [7, 11) is 3.12. The number of ether oxygens (including phenoxy) is 1. The van der Waals surface area contributed by atoms with Crippen LogP contribution >= 0.6 is 0 Å². The van der Waals surface area contributed by atoms with Crippen molar-refractivity contribution in [2.75, 3.05) is 19.0 Å². The van der Waals surface area contributed by atoms with Crippen molar-refractivity contribution in [3.63, 3.8) is 0 Å². The van der Waals surface area contributed by atoms with Gasteiger partial charge in [0.05, 0.1) is 0 Å². The predicted octanol–water partition coefficient (Wildman–Crippen LogP) is 0.928. The minimum absolute atomic E-state index is 0.0947. The lowest BCUT2D eigenvalue weighted by Crippen LogP contribution is -2.30. The molecule has 1 aromatic heterocycles. The van der Waals surface area contributed by atoms with Crippen molar-refractivity contribution >= 4 is 17.6 Å². The molecule has 2 N–H and O–H groups in total. The second-order valence-corrected chi connectivity index (χ2v) is 4.32. The largest absolute Gasteiger partial charge is 0.480 e. The number of methoxy groups -OCH3 is 1. The number of aromatic nitrogens is 2. The third kappa shape index (κ3) is 3.67. The molecule has 112 valence electrons. The van der Waals surface area contributed by atoms with Gasteiger partial charge in [0.15, 0.2) is 0 Å². The van der Waals surface area contributed by atoms with Crippen molar-refractivity contribution < 1.29 is 19.6 Å². The Morgan fingerprint density at radius 1 is 1.65 bits per heavy atom. The Kier molecular flexibility index (Phi) is 5.44. The molecule has 0 saturated carbocycles. The Bertz CT molecular complexity index is 499. The number of hydrogen-bond acceptors (Lipinski definition) is 6. The Morgan fingerprint density at radius 2 is 2.30 bits per heavy atom. The maximum atomic E-state index is 11.2. The zero-order valence-corrected chi connectivity index (χ0v) is 11.6. The molecule has 9 heteroatoms. The zero-order valence-electron chi connectivity index (χ0n) is 11.6. The Morgan fingerprint density at radius 3 is 2.80 bits per heavy atom. The van der Waals surface area contributed by atoms with Gasteiger partial charge in [0.2, 0.25) is 11.6 Å². The maximum Gasteiger partial charge on any atom is 0.406 e. The van der Waals surface area contributed by atoms with Crippen LogP contribution in [0.15, 0.2) is 0 Å². The minimum Gasteiger partial charge on any atom is -0.480 e. The number of aryl methyl sites for hydroxylation is 1. The number of aliphatic carboxylic acids is 1. The summed E-state index contributed by atoms with van der Waals surface area (Å²) in [5.41, 5.74) is 0. The van der Waals surface area contributed by atoms with Crippen molar-refractivity contribution in [3.05, 3.63) is 15.9 Å². The Hall–Kier alpha value is -2.16. The van der Waals surface area contributed by atoms with Crippen LogP contribution in [0.1, 0.15) is 18.7 Å². The fourth-order valence-corrected chi connectivity index (χ4v) is 1.74. The van der Waals surface area contributed by atoms with Crippen LogP contribution in [0, 0.1) is 17.0 Å². The molecular formula is C11H18N4O5. The topological polar surface area (TPSA) is 120 Å². The number of carboxylic acids is 1. The molecule has 1 unspecified atom stereocenters. The first-order chi connectivity index (χ1) is 9.38. The van der Waals surface area contributed by atoms with Crippen LogP contribution in [-0.4, -0.2) is 45.3 Å². The third-order valence-corrected chi connectivity index (χ3v) is 2.92. The van der Waals surface area contributed by atoms with Gasteiger partial charge in [-0.05, 0) is 22.7 Å². The summed E-state index contributed by atoms with van der Waals surface area (Å²) in [4.78, 5) is 25.3. The van der Waals surface area contributed by atoms with E-state index in [0.717, 1.165) is 0 Å². The third-order valence-electron chi connectivity index (χ3n) is 2.92. The average Bonchev–Trinajstić information content (AvgIpc) is 2.65. The summed E-state index contributed by atoms with van der Waals surface area (Å²) in [5, 5.41) is 22.8. The van der Waals surface area contributed by atoms with Crippen LogP contribution in [0.25, 0.3) is 0 Å². The standard InChI is InChI=1S/C11H18N4O5/c1-7-12-10(15(18)19)9(14(7)2)13-8(11(16)17)5-4-6-20-3/h8,13H,4-6H2,1-3H3,(H,16,17). The lowest BCUT2D eigenvalue weighted by molar-refractivity contribution is -0.388. The summed E-state index contributed by atoms with van der Waals surface area (Å²) in [6.45, 7) is 2.04. The van der Waals surface area contributed by atoms with Gasteiger partial charge in [-0.3, -0.25) is 4.57 Å². The molecule has 0 spiro atoms. The molecule has 0 radical (unpaired) electrons. The molecule has 9 nitrogen and oxygen atoms in total. The van der Waals surface area contributed by atoms with E-state index in [0.29, 0.717) is 25.3 Å². The van der Waals surface area contributed by atoms with Crippen LogP contribution in [0.4, 0.5) is 11.6 Å². The number of anilines is 1. The number of imidazole rings is 1. The summed E-state index contributed by atoms with van der Waals surface area (Å²) in [5.74, 6) is -0.921. The number of rotatable bonds is 8. The molecule has 20 heavy (non-hydrogen) atoms. The first-order valence-corrected chi connectivity index (χ1v) is 6.04. The molecule has 1 aromatic rings. The number of hydrogen-bond donors (Lipinski definition) is 2. The zero-order chi connectivity index (χ0) is 15.3. The molecule has 0 aliphatic rings. The van der Waals surface area contributed by atoms with Gasteiger partial charge in [-0.2, -0.15) is 0 Å². The quantitative estimate of drug-likeness (QED) is 0.414. The molecule has 0 amide bonds. The maximum absolute atomic E-state index is 11.2. The van der Waals surface area contributed by atoms with Gasteiger partial charge in [-0.1, -0.05) is 0 Å². The molecule has 1 rings (SSSR count). The fraction of sp³-hybridized carbons (Fsp3) is 0.636. The highest BCUT2D eigenvalue weighted by Crippen LogP contribution is 2.25. The second kappa shape index (κ2) is 6.85. The molecular weight excluding hydrogens is 268 g/mol. The number of nitrogens with zero attached hydrogens (tertiary/aromatic N) is 3. The highest BCUT2D eigenvalue weighted by Gasteiger charge is 2.27. The van der Waals surface area contributed by atoms with E-state index < -0.39 is 16.9 Å². The van der Waals surface area contributed by atoms with Gasteiger partial charge in [0.25, 0.3) is 0 Å². The summed E-state index contributed by atoms with van der Waals surface area (Å²) >= 11 is 0. The van der Waals surface area contributed by atoms with Gasteiger partial charge in [0.1, 0.15) is 6.04 Å². The van der Waals surface area contributed by atoms with E-state index in [-0.39, 0.29) is 11.6 Å². The summed E-state index contributed by atoms with van der Waals surface area (Å²) in [6.07, 6.45) is 0.829. The van der Waals surface area contributed by atoms with Crippen LogP contribution in [0.3, 0.4) is 0 Å². The monoisotopic (exact) mass is 286 g/mol. The van der Waals surface area contributed by atoms with Crippen molar-refractivity contribution in [1.29, 1.82) is 0 Å². The van der Waals surface area contributed by atoms with Gasteiger partial charge in [-0.15, -0.1) is 0 Å². The van der Waals surface area contributed by atoms with Gasteiger partial charge >= 0.3 is 11.8 Å². The van der Waals surface area contributed by atoms with Crippen molar-refractivity contribution in [1.82, 2.24) is 9.55 Å². The molecule has 0 aliphatic heterocycles. The lowest BCUT2D eigenvalue weighted by Gasteiger charge is -2.15. The van der Waals surface area contributed by atoms with Crippen LogP contribution in [0.5, 0.6) is 0 Å². The van der Waals surface area contributed by atoms with E-state index >= 15 is 0 Å². The molecule has 0 saturated heterocycles. The van der Waals surface area contributed by atoms with Crippen LogP contribution in [0.2, 0.25) is 0 Å². The summed E-state index contributed by atoms with van der Waals surface area (Å²) in [6, 6.07) is -0.932. The average molecular weight is 286 g/mol. The van der Waals surface area contributed by atoms with E-state index in [9.17, 15) is 14.9 Å². The number of carbonyl (C=O) groups is 1. The van der Waals surface area contributed by atoms with Gasteiger partial charge in [0, 0.05) is 27.7 Å². The molecule has 1 atom stereocenters. The highest BCUT2D eigenvalue weighted by atomic mass is 16.6. The first kappa shape index (κ1) is 15.9. The first-order valence-electron chi connectivity index (χ1n) is 6.04. The number of nitro groups is 1. The predicted molar refractivity (Wildman–Crippen MR) is 70.8 cm³/mol. The van der Waals surface area contributed by atoms with E-state index in [2.05, 4.69) is 10.3 Å². The molecule has 0 fully saturated rings.